The summed E-state index contributed by atoms with van der Waals surface area (Å²) in [5, 5.41) is 7.17. The van der Waals surface area contributed by atoms with Crippen LogP contribution in [0.3, 0.4) is 0 Å². The Morgan fingerprint density at radius 2 is 2.06 bits per heavy atom. The third kappa shape index (κ3) is 3.41. The van der Waals surface area contributed by atoms with Gasteiger partial charge >= 0.3 is 0 Å². The molecule has 0 spiro atoms. The third-order valence-corrected chi connectivity index (χ3v) is 3.40. The first kappa shape index (κ1) is 12.3. The van der Waals surface area contributed by atoms with E-state index in [1.54, 1.807) is 0 Å². The second kappa shape index (κ2) is 5.47. The third-order valence-electron chi connectivity index (χ3n) is 2.54. The molecule has 0 aliphatic rings. The van der Waals surface area contributed by atoms with Gasteiger partial charge in [-0.25, -0.2) is 0 Å². The summed E-state index contributed by atoms with van der Waals surface area (Å²) in [4.78, 5) is 0. The van der Waals surface area contributed by atoms with Gasteiger partial charge in [0.15, 0.2) is 5.76 Å². The van der Waals surface area contributed by atoms with Gasteiger partial charge in [0.05, 0.1) is 12.2 Å². The molecule has 0 fully saturated rings. The van der Waals surface area contributed by atoms with E-state index < -0.39 is 0 Å². The number of nitrogens with zero attached hydrogens (tertiary/aromatic N) is 1. The van der Waals surface area contributed by atoms with Crippen LogP contribution < -0.4 is 5.32 Å². The quantitative estimate of drug-likeness (QED) is 0.940. The molecule has 1 aromatic carbocycles. The molecule has 1 heterocycles. The second-order valence-electron chi connectivity index (χ2n) is 4.12. The lowest BCUT2D eigenvalue weighted by atomic mass is 10.1. The maximum Gasteiger partial charge on any atom is 0.150 e. The van der Waals surface area contributed by atoms with Crippen molar-refractivity contribution in [2.45, 2.75) is 26.9 Å². The zero-order valence-electron chi connectivity index (χ0n) is 9.96. The van der Waals surface area contributed by atoms with E-state index in [1.807, 2.05) is 13.0 Å². The minimum absolute atomic E-state index is 0.701. The Balaban J connectivity index is 1.87. The van der Waals surface area contributed by atoms with Crippen LogP contribution in [0.5, 0.6) is 0 Å². The van der Waals surface area contributed by atoms with E-state index in [1.165, 1.54) is 11.1 Å². The largest absolute Gasteiger partial charge is 0.360 e. The van der Waals surface area contributed by atoms with E-state index in [2.05, 4.69) is 51.5 Å². The van der Waals surface area contributed by atoms with Crippen LogP contribution >= 0.6 is 15.9 Å². The molecule has 3 nitrogen and oxygen atoms in total. The number of halogens is 1. The highest BCUT2D eigenvalue weighted by atomic mass is 79.9. The molecule has 17 heavy (non-hydrogen) atoms. The molecule has 0 saturated heterocycles. The molecule has 1 N–H and O–H groups in total. The van der Waals surface area contributed by atoms with Crippen molar-refractivity contribution in [1.29, 1.82) is 0 Å². The molecule has 0 aliphatic heterocycles. The number of nitrogens with one attached hydrogen (secondary N) is 1. The summed E-state index contributed by atoms with van der Waals surface area (Å²) in [5.41, 5.74) is 3.42. The van der Waals surface area contributed by atoms with Crippen LogP contribution in [0.2, 0.25) is 0 Å². The molecule has 0 atom stereocenters. The Labute approximate surface area is 109 Å². The summed E-state index contributed by atoms with van der Waals surface area (Å²) in [7, 11) is 0. The van der Waals surface area contributed by atoms with Crippen molar-refractivity contribution in [2.75, 3.05) is 0 Å². The lowest BCUT2D eigenvalue weighted by Crippen LogP contribution is -2.12. The number of benzene rings is 1. The summed E-state index contributed by atoms with van der Waals surface area (Å²) in [5.74, 6) is 0.869. The molecule has 0 amide bonds. The van der Waals surface area contributed by atoms with Crippen LogP contribution in [0.4, 0.5) is 0 Å². The average molecular weight is 295 g/mol. The minimum atomic E-state index is 0.701. The molecule has 0 radical (unpaired) electrons. The van der Waals surface area contributed by atoms with E-state index in [0.29, 0.717) is 6.54 Å². The van der Waals surface area contributed by atoms with Gasteiger partial charge in [-0.05, 0) is 31.0 Å². The minimum Gasteiger partial charge on any atom is -0.360 e. The topological polar surface area (TPSA) is 38.1 Å². The molecule has 90 valence electrons. The van der Waals surface area contributed by atoms with Crippen molar-refractivity contribution in [3.63, 3.8) is 0 Å². The van der Waals surface area contributed by atoms with Crippen LogP contribution in [0, 0.1) is 13.8 Å². The van der Waals surface area contributed by atoms with E-state index in [0.717, 1.165) is 22.5 Å². The smallest absolute Gasteiger partial charge is 0.150 e. The van der Waals surface area contributed by atoms with Gasteiger partial charge in [-0.3, -0.25) is 0 Å². The molecule has 2 rings (SSSR count). The fraction of sp³-hybridized carbons (Fsp3) is 0.308. The Kier molecular flexibility index (Phi) is 3.97. The van der Waals surface area contributed by atoms with Gasteiger partial charge in [-0.15, -0.1) is 0 Å². The highest BCUT2D eigenvalue weighted by Crippen LogP contribution is 2.17. The predicted octanol–water partition coefficient (Wildman–Crippen LogP) is 3.34. The number of rotatable bonds is 4. The van der Waals surface area contributed by atoms with Crippen LogP contribution in [-0.2, 0) is 13.1 Å². The maximum atomic E-state index is 5.12. The maximum absolute atomic E-state index is 5.12. The summed E-state index contributed by atoms with van der Waals surface area (Å²) < 4.78 is 6.27. The van der Waals surface area contributed by atoms with Gasteiger partial charge < -0.3 is 9.84 Å². The highest BCUT2D eigenvalue weighted by molar-refractivity contribution is 9.10. The van der Waals surface area contributed by atoms with Crippen molar-refractivity contribution < 1.29 is 4.52 Å². The normalized spacial score (nSPS) is 10.8. The van der Waals surface area contributed by atoms with Gasteiger partial charge in [0.25, 0.3) is 0 Å². The van der Waals surface area contributed by atoms with E-state index in [-0.39, 0.29) is 0 Å². The molecular weight excluding hydrogens is 280 g/mol. The van der Waals surface area contributed by atoms with Gasteiger partial charge in [0.1, 0.15) is 0 Å². The van der Waals surface area contributed by atoms with E-state index in [9.17, 15) is 0 Å². The van der Waals surface area contributed by atoms with Crippen LogP contribution in [-0.4, -0.2) is 5.16 Å². The molecule has 0 aliphatic carbocycles. The molecule has 0 bridgehead atoms. The van der Waals surface area contributed by atoms with Crippen molar-refractivity contribution in [2.24, 2.45) is 0 Å². The van der Waals surface area contributed by atoms with Crippen molar-refractivity contribution in [3.8, 4) is 0 Å². The van der Waals surface area contributed by atoms with Gasteiger partial charge in [-0.2, -0.15) is 0 Å². The summed E-state index contributed by atoms with van der Waals surface area (Å²) >= 11 is 3.53. The van der Waals surface area contributed by atoms with Crippen molar-refractivity contribution in [3.05, 3.63) is 51.3 Å². The zero-order chi connectivity index (χ0) is 12.3. The molecule has 2 aromatic rings. The first-order valence-electron chi connectivity index (χ1n) is 5.53. The number of hydrogen-bond donors (Lipinski definition) is 1. The summed E-state index contributed by atoms with van der Waals surface area (Å²) in [6.45, 7) is 5.52. The second-order valence-corrected chi connectivity index (χ2v) is 4.98. The Morgan fingerprint density at radius 3 is 2.71 bits per heavy atom. The van der Waals surface area contributed by atoms with E-state index >= 15 is 0 Å². The lowest BCUT2D eigenvalue weighted by Gasteiger charge is -2.05. The van der Waals surface area contributed by atoms with E-state index in [4.69, 9.17) is 4.52 Å². The van der Waals surface area contributed by atoms with Crippen LogP contribution in [0.25, 0.3) is 0 Å². The summed E-state index contributed by atoms with van der Waals surface area (Å²) in [6.07, 6.45) is 0. The molecular formula is C13H15BrN2O. The Hall–Kier alpha value is -1.13. The first-order valence-corrected chi connectivity index (χ1v) is 6.32. The molecule has 1 aromatic heterocycles. The van der Waals surface area contributed by atoms with Gasteiger partial charge in [0, 0.05) is 17.1 Å². The van der Waals surface area contributed by atoms with Crippen molar-refractivity contribution in [1.82, 2.24) is 10.5 Å². The Morgan fingerprint density at radius 1 is 1.24 bits per heavy atom. The highest BCUT2D eigenvalue weighted by Gasteiger charge is 2.01. The van der Waals surface area contributed by atoms with Gasteiger partial charge in [-0.1, -0.05) is 33.2 Å². The average Bonchev–Trinajstić information content (AvgIpc) is 2.70. The standard InChI is InChI=1S/C13H15BrN2O/c1-9-3-4-11(6-13(9)14)7-15-8-12-5-10(2)16-17-12/h3-6,15H,7-8H2,1-2H3. The number of aromatic nitrogens is 1. The van der Waals surface area contributed by atoms with Crippen LogP contribution in [0.1, 0.15) is 22.6 Å². The van der Waals surface area contributed by atoms with Crippen molar-refractivity contribution >= 4 is 15.9 Å². The molecule has 0 unspecified atom stereocenters. The molecule has 0 saturated carbocycles. The first-order chi connectivity index (χ1) is 8.15. The summed E-state index contributed by atoms with van der Waals surface area (Å²) in [6, 6.07) is 8.31. The zero-order valence-corrected chi connectivity index (χ0v) is 11.5. The monoisotopic (exact) mass is 294 g/mol. The number of hydrogen-bond acceptors (Lipinski definition) is 3. The van der Waals surface area contributed by atoms with Crippen LogP contribution in [0.15, 0.2) is 33.3 Å². The SMILES string of the molecule is Cc1cc(CNCc2ccc(C)c(Br)c2)on1. The Bertz CT molecular complexity index is 508. The fourth-order valence-corrected chi connectivity index (χ4v) is 2.00. The number of aryl methyl sites for hydroxylation is 2. The fourth-order valence-electron chi connectivity index (χ4n) is 1.58. The predicted molar refractivity (Wildman–Crippen MR) is 70.7 cm³/mol. The molecule has 4 heteroatoms. The lowest BCUT2D eigenvalue weighted by molar-refractivity contribution is 0.369. The van der Waals surface area contributed by atoms with Gasteiger partial charge in [0.2, 0.25) is 0 Å².